The monoisotopic (exact) mass is 380 g/mol. The summed E-state index contributed by atoms with van der Waals surface area (Å²) in [6.07, 6.45) is 3.11. The molecule has 4 nitrogen and oxygen atoms in total. The number of carbonyl (C=O) groups is 1. The maximum absolute atomic E-state index is 12.9. The van der Waals surface area contributed by atoms with E-state index in [1.807, 2.05) is 40.9 Å². The third-order valence-corrected chi connectivity index (χ3v) is 6.49. The number of hydrogen-bond acceptors (Lipinski definition) is 3. The fourth-order valence-corrected chi connectivity index (χ4v) is 5.08. The zero-order chi connectivity index (χ0) is 18.8. The molecule has 0 radical (unpaired) electrons. The molecule has 2 amide bonds. The van der Waals surface area contributed by atoms with Gasteiger partial charge in [-0.25, -0.2) is 4.79 Å². The Kier molecular flexibility index (Phi) is 5.12. The van der Waals surface area contributed by atoms with Gasteiger partial charge in [0.1, 0.15) is 11.1 Å². The van der Waals surface area contributed by atoms with Crippen LogP contribution in [0.25, 0.3) is 0 Å². The van der Waals surface area contributed by atoms with Gasteiger partial charge >= 0.3 is 6.03 Å². The summed E-state index contributed by atoms with van der Waals surface area (Å²) in [5.74, 6) is 1.69. The summed E-state index contributed by atoms with van der Waals surface area (Å²) < 4.78 is 5.24. The molecule has 0 spiro atoms. The Morgan fingerprint density at radius 2 is 1.93 bits per heavy atom. The molecule has 0 saturated heterocycles. The summed E-state index contributed by atoms with van der Waals surface area (Å²) in [5.41, 5.74) is 6.06. The van der Waals surface area contributed by atoms with Gasteiger partial charge < -0.3 is 10.1 Å². The van der Waals surface area contributed by atoms with Gasteiger partial charge in [0.15, 0.2) is 0 Å². The van der Waals surface area contributed by atoms with Crippen molar-refractivity contribution >= 4 is 23.5 Å². The van der Waals surface area contributed by atoms with E-state index in [0.29, 0.717) is 0 Å². The third-order valence-electron chi connectivity index (χ3n) is 5.27. The van der Waals surface area contributed by atoms with Gasteiger partial charge in [0.05, 0.1) is 12.8 Å². The van der Waals surface area contributed by atoms with Crippen molar-refractivity contribution < 1.29 is 9.53 Å². The number of rotatable bonds is 5. The highest BCUT2D eigenvalue weighted by atomic mass is 32.2. The van der Waals surface area contributed by atoms with Crippen molar-refractivity contribution in [2.45, 2.75) is 37.3 Å². The minimum Gasteiger partial charge on any atom is -0.497 e. The molecule has 1 aliphatic heterocycles. The van der Waals surface area contributed by atoms with E-state index in [4.69, 9.17) is 4.74 Å². The Hall–Kier alpha value is -2.40. The molecule has 5 heteroatoms. The maximum Gasteiger partial charge on any atom is 0.327 e. The van der Waals surface area contributed by atoms with E-state index in [1.54, 1.807) is 7.11 Å². The molecule has 1 atom stereocenters. The molecule has 2 aromatic carbocycles. The van der Waals surface area contributed by atoms with E-state index in [1.165, 1.54) is 22.4 Å². The van der Waals surface area contributed by atoms with Gasteiger partial charge in [0.25, 0.3) is 0 Å². The highest BCUT2D eigenvalue weighted by Gasteiger charge is 2.36. The van der Waals surface area contributed by atoms with Crippen LogP contribution in [0.4, 0.5) is 10.5 Å². The molecule has 2 aromatic rings. The van der Waals surface area contributed by atoms with Gasteiger partial charge in [-0.15, -0.1) is 11.8 Å². The van der Waals surface area contributed by atoms with Crippen molar-refractivity contribution in [1.29, 1.82) is 0 Å². The first kappa shape index (κ1) is 18.0. The Bertz CT molecular complexity index is 876. The highest BCUT2D eigenvalue weighted by Crippen LogP contribution is 2.40. The number of ether oxygens (including phenoxy) is 1. The fourth-order valence-electron chi connectivity index (χ4n) is 3.77. The second-order valence-electron chi connectivity index (χ2n) is 6.93. The summed E-state index contributed by atoms with van der Waals surface area (Å²) in [6.45, 7) is 2.14. The molecule has 0 aromatic heterocycles. The minimum atomic E-state index is -0.0388. The van der Waals surface area contributed by atoms with Crippen molar-refractivity contribution in [2.24, 2.45) is 0 Å². The van der Waals surface area contributed by atoms with Gasteiger partial charge in [-0.2, -0.15) is 0 Å². The van der Waals surface area contributed by atoms with E-state index in [-0.39, 0.29) is 11.4 Å². The van der Waals surface area contributed by atoms with Crippen LogP contribution < -0.4 is 15.0 Å². The van der Waals surface area contributed by atoms with Gasteiger partial charge in [0.2, 0.25) is 0 Å². The Morgan fingerprint density at radius 3 is 2.67 bits per heavy atom. The first-order valence-electron chi connectivity index (χ1n) is 9.30. The maximum atomic E-state index is 12.9. The number of benzene rings is 2. The lowest BCUT2D eigenvalue weighted by atomic mass is 10.1. The molecule has 4 rings (SSSR count). The van der Waals surface area contributed by atoms with E-state index >= 15 is 0 Å². The van der Waals surface area contributed by atoms with Gasteiger partial charge in [0, 0.05) is 11.4 Å². The van der Waals surface area contributed by atoms with Crippen molar-refractivity contribution in [1.82, 2.24) is 5.32 Å². The number of aryl methyl sites for hydroxylation is 1. The summed E-state index contributed by atoms with van der Waals surface area (Å²) >= 11 is 1.81. The lowest BCUT2D eigenvalue weighted by molar-refractivity contribution is 0.246. The fraction of sp³-hybridized carbons (Fsp3) is 0.318. The lowest BCUT2D eigenvalue weighted by Crippen LogP contribution is -2.49. The summed E-state index contributed by atoms with van der Waals surface area (Å²) in [5, 5.41) is 3.27. The van der Waals surface area contributed by atoms with Crippen LogP contribution in [0.1, 0.15) is 30.4 Å². The number of amides is 2. The number of thioether (sulfide) groups is 1. The summed E-state index contributed by atoms with van der Waals surface area (Å²) in [7, 11) is 1.65. The smallest absolute Gasteiger partial charge is 0.327 e. The molecule has 140 valence electrons. The molecule has 1 N–H and O–H groups in total. The molecule has 1 unspecified atom stereocenters. The predicted octanol–water partition coefficient (Wildman–Crippen LogP) is 5.23. The predicted molar refractivity (Wildman–Crippen MR) is 111 cm³/mol. The van der Waals surface area contributed by atoms with E-state index < -0.39 is 0 Å². The molecule has 2 aliphatic rings. The van der Waals surface area contributed by atoms with Crippen LogP contribution in [0.3, 0.4) is 0 Å². The van der Waals surface area contributed by atoms with Crippen LogP contribution >= 0.6 is 11.8 Å². The van der Waals surface area contributed by atoms with Crippen LogP contribution in [-0.4, -0.2) is 18.5 Å². The third kappa shape index (κ3) is 3.56. The first-order valence-corrected chi connectivity index (χ1v) is 10.3. The average molecular weight is 381 g/mol. The summed E-state index contributed by atoms with van der Waals surface area (Å²) in [4.78, 5) is 14.8. The minimum absolute atomic E-state index is 0.0388. The van der Waals surface area contributed by atoms with Crippen LogP contribution in [0, 0.1) is 6.92 Å². The van der Waals surface area contributed by atoms with Gasteiger partial charge in [-0.1, -0.05) is 24.3 Å². The van der Waals surface area contributed by atoms with E-state index in [9.17, 15) is 4.79 Å². The van der Waals surface area contributed by atoms with Crippen LogP contribution in [0.2, 0.25) is 0 Å². The molecule has 0 bridgehead atoms. The van der Waals surface area contributed by atoms with Crippen molar-refractivity contribution in [3.8, 4) is 5.75 Å². The molecular weight excluding hydrogens is 356 g/mol. The van der Waals surface area contributed by atoms with E-state index in [2.05, 4.69) is 36.5 Å². The molecule has 1 aliphatic carbocycles. The first-order chi connectivity index (χ1) is 13.2. The Morgan fingerprint density at radius 1 is 1.15 bits per heavy atom. The number of nitrogens with zero attached hydrogens (tertiary/aromatic N) is 1. The summed E-state index contributed by atoms with van der Waals surface area (Å²) in [6, 6.07) is 16.1. The van der Waals surface area contributed by atoms with Crippen LogP contribution in [-0.2, 0) is 5.75 Å². The van der Waals surface area contributed by atoms with E-state index in [0.717, 1.165) is 36.5 Å². The van der Waals surface area contributed by atoms with Crippen molar-refractivity contribution in [3.05, 3.63) is 70.9 Å². The number of methoxy groups -OCH3 is 1. The zero-order valence-corrected chi connectivity index (χ0v) is 16.5. The lowest BCUT2D eigenvalue weighted by Gasteiger charge is -2.34. The average Bonchev–Trinajstić information content (AvgIpc) is 3.17. The van der Waals surface area contributed by atoms with Crippen molar-refractivity contribution in [2.75, 3.05) is 12.0 Å². The Balaban J connectivity index is 1.57. The number of carbonyl (C=O) groups excluding carboxylic acids is 1. The van der Waals surface area contributed by atoms with Gasteiger partial charge in [-0.3, -0.25) is 4.90 Å². The van der Waals surface area contributed by atoms with Crippen LogP contribution in [0.15, 0.2) is 59.8 Å². The standard InChI is InChI=1S/C22H24N2O2S/c1-15-6-3-4-7-16(15)14-27-21-19-8-5-9-20(19)24(22(25)23-21)17-10-12-18(26-2)13-11-17/h3-4,6-7,10-13,21H,5,8-9,14H2,1-2H3,(H,23,25). The topological polar surface area (TPSA) is 41.6 Å². The molecule has 0 fully saturated rings. The highest BCUT2D eigenvalue weighted by molar-refractivity contribution is 7.99. The SMILES string of the molecule is COc1ccc(N2C(=O)NC(SCc3ccccc3C)C3=C2CCC3)cc1. The number of anilines is 1. The number of nitrogens with one attached hydrogen (secondary N) is 1. The largest absolute Gasteiger partial charge is 0.497 e. The quantitative estimate of drug-likeness (QED) is 0.772. The van der Waals surface area contributed by atoms with Gasteiger partial charge in [-0.05, 0) is 67.2 Å². The second kappa shape index (κ2) is 7.69. The number of hydrogen-bond donors (Lipinski definition) is 1. The molecule has 1 heterocycles. The zero-order valence-electron chi connectivity index (χ0n) is 15.7. The molecular formula is C22H24N2O2S. The van der Waals surface area contributed by atoms with Crippen LogP contribution in [0.5, 0.6) is 5.75 Å². The number of urea groups is 1. The number of allylic oxidation sites excluding steroid dienone is 1. The Labute approximate surface area is 164 Å². The molecule has 0 saturated carbocycles. The second-order valence-corrected chi connectivity index (χ2v) is 8.02. The molecule has 27 heavy (non-hydrogen) atoms. The normalized spacial score (nSPS) is 19.1. The van der Waals surface area contributed by atoms with Crippen molar-refractivity contribution in [3.63, 3.8) is 0 Å².